The highest BCUT2D eigenvalue weighted by Gasteiger charge is 2.37. The second-order valence-corrected chi connectivity index (χ2v) is 4.00. The molecule has 1 aliphatic rings. The largest absolute Gasteiger partial charge is 0.389 e. The third-order valence-corrected chi connectivity index (χ3v) is 2.56. The standard InChI is InChI=1S/C10H19NO4/c1-10(4-3-5-15-10)9(13)11-6-8(12)7-14-2/h8,12H,3-7H2,1-2H3,(H,11,13). The Hall–Kier alpha value is -0.650. The van der Waals surface area contributed by atoms with Crippen LogP contribution in [0.1, 0.15) is 19.8 Å². The van der Waals surface area contributed by atoms with Gasteiger partial charge in [-0.05, 0) is 19.8 Å². The number of carbonyl (C=O) groups is 1. The predicted molar refractivity (Wildman–Crippen MR) is 54.5 cm³/mol. The molecule has 0 aromatic rings. The number of aliphatic hydroxyl groups excluding tert-OH is 1. The van der Waals surface area contributed by atoms with E-state index in [1.165, 1.54) is 7.11 Å². The van der Waals surface area contributed by atoms with Gasteiger partial charge in [-0.3, -0.25) is 4.79 Å². The third-order valence-electron chi connectivity index (χ3n) is 2.56. The molecule has 88 valence electrons. The van der Waals surface area contributed by atoms with Crippen LogP contribution in [0.25, 0.3) is 0 Å². The summed E-state index contributed by atoms with van der Waals surface area (Å²) in [4.78, 5) is 11.7. The molecule has 0 saturated carbocycles. The van der Waals surface area contributed by atoms with Gasteiger partial charge >= 0.3 is 0 Å². The van der Waals surface area contributed by atoms with Gasteiger partial charge in [-0.15, -0.1) is 0 Å². The van der Waals surface area contributed by atoms with Gasteiger partial charge in [-0.1, -0.05) is 0 Å². The van der Waals surface area contributed by atoms with Gasteiger partial charge in [0.05, 0.1) is 12.7 Å². The number of ether oxygens (including phenoxy) is 2. The molecule has 1 aliphatic heterocycles. The topological polar surface area (TPSA) is 67.8 Å². The fourth-order valence-electron chi connectivity index (χ4n) is 1.61. The van der Waals surface area contributed by atoms with Crippen LogP contribution in [0.15, 0.2) is 0 Å². The second kappa shape index (κ2) is 5.44. The lowest BCUT2D eigenvalue weighted by Gasteiger charge is -2.22. The van der Waals surface area contributed by atoms with E-state index >= 15 is 0 Å². The van der Waals surface area contributed by atoms with Gasteiger partial charge < -0.3 is 19.9 Å². The number of methoxy groups -OCH3 is 1. The minimum atomic E-state index is -0.715. The molecular weight excluding hydrogens is 198 g/mol. The van der Waals surface area contributed by atoms with Crippen LogP contribution in [-0.2, 0) is 14.3 Å². The monoisotopic (exact) mass is 217 g/mol. The van der Waals surface area contributed by atoms with Crippen LogP contribution in [0.2, 0.25) is 0 Å². The third kappa shape index (κ3) is 3.44. The van der Waals surface area contributed by atoms with Crippen molar-refractivity contribution in [1.29, 1.82) is 0 Å². The lowest BCUT2D eigenvalue weighted by Crippen LogP contribution is -2.46. The van der Waals surface area contributed by atoms with E-state index in [1.807, 2.05) is 0 Å². The molecule has 1 amide bonds. The number of aliphatic hydroxyl groups is 1. The first-order chi connectivity index (χ1) is 7.08. The Balaban J connectivity index is 2.29. The Morgan fingerprint density at radius 2 is 2.47 bits per heavy atom. The number of carbonyl (C=O) groups excluding carboxylic acids is 1. The molecule has 1 heterocycles. The van der Waals surface area contributed by atoms with Gasteiger partial charge in [-0.2, -0.15) is 0 Å². The van der Waals surface area contributed by atoms with Crippen LogP contribution in [0, 0.1) is 0 Å². The maximum absolute atomic E-state index is 11.7. The van der Waals surface area contributed by atoms with Crippen LogP contribution in [0.4, 0.5) is 0 Å². The minimum Gasteiger partial charge on any atom is -0.389 e. The van der Waals surface area contributed by atoms with Gasteiger partial charge in [0.15, 0.2) is 0 Å². The fourth-order valence-corrected chi connectivity index (χ4v) is 1.61. The fraction of sp³-hybridized carbons (Fsp3) is 0.900. The molecule has 0 bridgehead atoms. The first kappa shape index (κ1) is 12.4. The molecule has 2 N–H and O–H groups in total. The first-order valence-corrected chi connectivity index (χ1v) is 5.18. The van der Waals surface area contributed by atoms with E-state index in [-0.39, 0.29) is 19.1 Å². The predicted octanol–water partition coefficient (Wildman–Crippen LogP) is -0.321. The maximum Gasteiger partial charge on any atom is 0.252 e. The van der Waals surface area contributed by atoms with E-state index in [0.29, 0.717) is 6.61 Å². The van der Waals surface area contributed by atoms with Crippen molar-refractivity contribution in [1.82, 2.24) is 5.32 Å². The van der Waals surface area contributed by atoms with Crippen LogP contribution >= 0.6 is 0 Å². The van der Waals surface area contributed by atoms with E-state index in [4.69, 9.17) is 9.47 Å². The zero-order valence-corrected chi connectivity index (χ0v) is 9.28. The van der Waals surface area contributed by atoms with Crippen LogP contribution in [0.5, 0.6) is 0 Å². The van der Waals surface area contributed by atoms with Crippen molar-refractivity contribution in [2.45, 2.75) is 31.5 Å². The minimum absolute atomic E-state index is 0.157. The average Bonchev–Trinajstić information content (AvgIpc) is 2.63. The summed E-state index contributed by atoms with van der Waals surface area (Å²) in [5, 5.41) is 12.0. The SMILES string of the molecule is COCC(O)CNC(=O)C1(C)CCCO1. The second-order valence-electron chi connectivity index (χ2n) is 4.00. The molecular formula is C10H19NO4. The maximum atomic E-state index is 11.7. The van der Waals surface area contributed by atoms with Crippen molar-refractivity contribution in [3.8, 4) is 0 Å². The van der Waals surface area contributed by atoms with Crippen molar-refractivity contribution >= 4 is 5.91 Å². The van der Waals surface area contributed by atoms with Gasteiger partial charge in [-0.25, -0.2) is 0 Å². The lowest BCUT2D eigenvalue weighted by molar-refractivity contribution is -0.140. The Kier molecular flexibility index (Phi) is 4.50. The van der Waals surface area contributed by atoms with Crippen molar-refractivity contribution in [3.05, 3.63) is 0 Å². The number of amides is 1. The van der Waals surface area contributed by atoms with E-state index in [2.05, 4.69) is 5.32 Å². The van der Waals surface area contributed by atoms with Gasteiger partial charge in [0, 0.05) is 20.3 Å². The van der Waals surface area contributed by atoms with Crippen molar-refractivity contribution in [2.75, 3.05) is 26.9 Å². The molecule has 0 spiro atoms. The summed E-state index contributed by atoms with van der Waals surface area (Å²) < 4.78 is 10.1. The highest BCUT2D eigenvalue weighted by Crippen LogP contribution is 2.24. The zero-order valence-electron chi connectivity index (χ0n) is 9.28. The highest BCUT2D eigenvalue weighted by molar-refractivity contribution is 5.85. The van der Waals surface area contributed by atoms with Crippen LogP contribution < -0.4 is 5.32 Å². The number of hydrogen-bond acceptors (Lipinski definition) is 4. The summed E-state index contributed by atoms with van der Waals surface area (Å²) in [6, 6.07) is 0. The van der Waals surface area contributed by atoms with Gasteiger partial charge in [0.25, 0.3) is 5.91 Å². The molecule has 0 aromatic heterocycles. The summed E-state index contributed by atoms with van der Waals surface area (Å²) in [5.74, 6) is -0.157. The molecule has 0 aliphatic carbocycles. The van der Waals surface area contributed by atoms with Crippen LogP contribution in [-0.4, -0.2) is 49.6 Å². The van der Waals surface area contributed by atoms with E-state index in [1.54, 1.807) is 6.92 Å². The summed E-state index contributed by atoms with van der Waals surface area (Å²) in [7, 11) is 1.51. The zero-order chi connectivity index (χ0) is 11.3. The summed E-state index contributed by atoms with van der Waals surface area (Å²) in [6.45, 7) is 2.83. The summed E-state index contributed by atoms with van der Waals surface area (Å²) in [5.41, 5.74) is -0.715. The van der Waals surface area contributed by atoms with Gasteiger partial charge in [0.2, 0.25) is 0 Å². The normalized spacial score (nSPS) is 27.7. The van der Waals surface area contributed by atoms with Crippen molar-refractivity contribution in [3.63, 3.8) is 0 Å². The molecule has 1 rings (SSSR count). The average molecular weight is 217 g/mol. The molecule has 2 atom stereocenters. The smallest absolute Gasteiger partial charge is 0.252 e. The Bertz CT molecular complexity index is 213. The Labute approximate surface area is 89.8 Å². The van der Waals surface area contributed by atoms with E-state index in [0.717, 1.165) is 12.8 Å². The molecule has 0 radical (unpaired) electrons. The number of rotatable bonds is 5. The first-order valence-electron chi connectivity index (χ1n) is 5.18. The highest BCUT2D eigenvalue weighted by atomic mass is 16.5. The molecule has 2 unspecified atom stereocenters. The molecule has 1 saturated heterocycles. The number of hydrogen-bond donors (Lipinski definition) is 2. The molecule has 0 aromatic carbocycles. The quantitative estimate of drug-likeness (QED) is 0.662. The Morgan fingerprint density at radius 1 is 1.73 bits per heavy atom. The molecule has 15 heavy (non-hydrogen) atoms. The van der Waals surface area contributed by atoms with Crippen molar-refractivity contribution in [2.24, 2.45) is 0 Å². The lowest BCUT2D eigenvalue weighted by atomic mass is 10.0. The molecule has 5 heteroatoms. The summed E-state index contributed by atoms with van der Waals surface area (Å²) in [6.07, 6.45) is 0.980. The van der Waals surface area contributed by atoms with Crippen LogP contribution in [0.3, 0.4) is 0 Å². The van der Waals surface area contributed by atoms with Gasteiger partial charge in [0.1, 0.15) is 5.60 Å². The molecule has 1 fully saturated rings. The van der Waals surface area contributed by atoms with E-state index < -0.39 is 11.7 Å². The van der Waals surface area contributed by atoms with E-state index in [9.17, 15) is 9.90 Å². The van der Waals surface area contributed by atoms with Crippen molar-refractivity contribution < 1.29 is 19.4 Å². The summed E-state index contributed by atoms with van der Waals surface area (Å²) >= 11 is 0. The number of nitrogens with one attached hydrogen (secondary N) is 1. The molecule has 5 nitrogen and oxygen atoms in total. The Morgan fingerprint density at radius 3 is 3.00 bits per heavy atom.